The van der Waals surface area contributed by atoms with Crippen LogP contribution < -0.4 is 0 Å². The second-order valence-electron chi connectivity index (χ2n) is 6.54. The number of rotatable bonds is 3. The van der Waals surface area contributed by atoms with E-state index in [-0.39, 0.29) is 6.04 Å². The van der Waals surface area contributed by atoms with Crippen molar-refractivity contribution >= 4 is 31.6 Å². The summed E-state index contributed by atoms with van der Waals surface area (Å²) in [5.41, 5.74) is 3.04. The van der Waals surface area contributed by atoms with Crippen LogP contribution in [0.2, 0.25) is 0 Å². The van der Waals surface area contributed by atoms with E-state index < -0.39 is 10.0 Å². The van der Waals surface area contributed by atoms with E-state index >= 15 is 0 Å². The van der Waals surface area contributed by atoms with E-state index in [1.807, 2.05) is 44.2 Å². The summed E-state index contributed by atoms with van der Waals surface area (Å²) in [6.07, 6.45) is 1.69. The molecule has 0 unspecified atom stereocenters. The van der Waals surface area contributed by atoms with Crippen LogP contribution in [0, 0.1) is 13.8 Å². The van der Waals surface area contributed by atoms with Gasteiger partial charge in [-0.15, -0.1) is 11.3 Å². The van der Waals surface area contributed by atoms with E-state index in [0.717, 1.165) is 39.2 Å². The monoisotopic (exact) mass is 372 g/mol. The van der Waals surface area contributed by atoms with E-state index in [1.54, 1.807) is 27.8 Å². The average Bonchev–Trinajstić information content (AvgIpc) is 3.23. The number of aromatic nitrogens is 1. The maximum absolute atomic E-state index is 13.2. The Morgan fingerprint density at radius 1 is 1.12 bits per heavy atom. The molecule has 0 amide bonds. The summed E-state index contributed by atoms with van der Waals surface area (Å²) in [5, 5.41) is 0.895. The molecule has 0 radical (unpaired) electrons. The Bertz CT molecular complexity index is 1010. The number of benzene rings is 2. The molecular formula is C19H20N2O2S2. The van der Waals surface area contributed by atoms with E-state index in [1.165, 1.54) is 0 Å². The van der Waals surface area contributed by atoms with Gasteiger partial charge in [-0.25, -0.2) is 13.4 Å². The third-order valence-electron chi connectivity index (χ3n) is 4.88. The van der Waals surface area contributed by atoms with Gasteiger partial charge in [0.2, 0.25) is 10.0 Å². The second kappa shape index (κ2) is 6.20. The largest absolute Gasteiger partial charge is 0.243 e. The Labute approximate surface area is 152 Å². The van der Waals surface area contributed by atoms with Crippen molar-refractivity contribution < 1.29 is 8.42 Å². The summed E-state index contributed by atoms with van der Waals surface area (Å²) in [6.45, 7) is 4.49. The molecule has 4 rings (SSSR count). The Hall–Kier alpha value is -1.76. The number of fused-ring (bicyclic) bond motifs is 1. The lowest BCUT2D eigenvalue weighted by atomic mass is 10.1. The van der Waals surface area contributed by atoms with E-state index in [2.05, 4.69) is 0 Å². The van der Waals surface area contributed by atoms with Crippen LogP contribution in [0.5, 0.6) is 0 Å². The van der Waals surface area contributed by atoms with Crippen molar-refractivity contribution in [3.8, 4) is 0 Å². The van der Waals surface area contributed by atoms with Crippen LogP contribution in [0.1, 0.15) is 35.0 Å². The van der Waals surface area contributed by atoms with Gasteiger partial charge in [0.25, 0.3) is 0 Å². The Morgan fingerprint density at radius 2 is 1.92 bits per heavy atom. The summed E-state index contributed by atoms with van der Waals surface area (Å²) >= 11 is 1.60. The quantitative estimate of drug-likeness (QED) is 0.683. The van der Waals surface area contributed by atoms with Gasteiger partial charge in [-0.05, 0) is 62.1 Å². The van der Waals surface area contributed by atoms with Gasteiger partial charge in [-0.1, -0.05) is 18.2 Å². The first-order valence-electron chi connectivity index (χ1n) is 8.41. The van der Waals surface area contributed by atoms with Crippen molar-refractivity contribution in [2.24, 2.45) is 0 Å². The van der Waals surface area contributed by atoms with Crippen LogP contribution in [0.25, 0.3) is 10.2 Å². The summed E-state index contributed by atoms with van der Waals surface area (Å²) in [7, 11) is -3.51. The molecule has 1 aliphatic heterocycles. The zero-order valence-corrected chi connectivity index (χ0v) is 15.9. The first-order chi connectivity index (χ1) is 12.0. The van der Waals surface area contributed by atoms with E-state index in [4.69, 9.17) is 4.98 Å². The zero-order chi connectivity index (χ0) is 17.6. The second-order valence-corrected chi connectivity index (χ2v) is 9.49. The van der Waals surface area contributed by atoms with Gasteiger partial charge in [-0.3, -0.25) is 0 Å². The molecule has 2 aromatic carbocycles. The van der Waals surface area contributed by atoms with Crippen LogP contribution in [-0.2, 0) is 10.0 Å². The van der Waals surface area contributed by atoms with Crippen molar-refractivity contribution in [2.75, 3.05) is 6.54 Å². The molecule has 1 aliphatic rings. The van der Waals surface area contributed by atoms with E-state index in [9.17, 15) is 8.42 Å². The molecule has 25 heavy (non-hydrogen) atoms. The van der Waals surface area contributed by atoms with Gasteiger partial charge in [0.05, 0.1) is 21.2 Å². The molecule has 0 aliphatic carbocycles. The average molecular weight is 373 g/mol. The van der Waals surface area contributed by atoms with Gasteiger partial charge < -0.3 is 0 Å². The highest BCUT2D eigenvalue weighted by molar-refractivity contribution is 7.89. The zero-order valence-electron chi connectivity index (χ0n) is 14.3. The summed E-state index contributed by atoms with van der Waals surface area (Å²) in [5.74, 6) is 0. The third kappa shape index (κ3) is 2.88. The maximum Gasteiger partial charge on any atom is 0.243 e. The molecule has 0 bridgehead atoms. The SMILES string of the molecule is Cc1ccc(S(=O)(=O)N2CCC[C@@H]2c2nc3ccccc3s2)cc1C. The highest BCUT2D eigenvalue weighted by atomic mass is 32.2. The molecular weight excluding hydrogens is 352 g/mol. The predicted molar refractivity (Wildman–Crippen MR) is 101 cm³/mol. The molecule has 6 heteroatoms. The van der Waals surface area contributed by atoms with Crippen LogP contribution in [0.4, 0.5) is 0 Å². The number of hydrogen-bond acceptors (Lipinski definition) is 4. The fourth-order valence-corrected chi connectivity index (χ4v) is 6.25. The Kier molecular flexibility index (Phi) is 4.14. The molecule has 0 spiro atoms. The van der Waals surface area contributed by atoms with Gasteiger partial charge in [0.1, 0.15) is 5.01 Å². The molecule has 0 N–H and O–H groups in total. The molecule has 0 saturated carbocycles. The summed E-state index contributed by atoms with van der Waals surface area (Å²) < 4.78 is 29.1. The third-order valence-corrected chi connectivity index (χ3v) is 7.93. The predicted octanol–water partition coefficient (Wildman–Crippen LogP) is 4.44. The van der Waals surface area contributed by atoms with Gasteiger partial charge in [0, 0.05) is 6.54 Å². The smallest absolute Gasteiger partial charge is 0.239 e. The van der Waals surface area contributed by atoms with Crippen molar-refractivity contribution in [2.45, 2.75) is 37.6 Å². The number of nitrogens with zero attached hydrogens (tertiary/aromatic N) is 2. The fourth-order valence-electron chi connectivity index (χ4n) is 3.32. The highest BCUT2D eigenvalue weighted by Gasteiger charge is 2.37. The van der Waals surface area contributed by atoms with Gasteiger partial charge >= 0.3 is 0 Å². The molecule has 1 saturated heterocycles. The number of sulfonamides is 1. The molecule has 1 fully saturated rings. The molecule has 1 aromatic heterocycles. The van der Waals surface area contributed by atoms with Crippen molar-refractivity contribution in [3.05, 3.63) is 58.6 Å². The number of para-hydroxylation sites is 1. The van der Waals surface area contributed by atoms with Crippen LogP contribution in [0.3, 0.4) is 0 Å². The number of thiazole rings is 1. The lowest BCUT2D eigenvalue weighted by molar-refractivity contribution is 0.396. The molecule has 3 aromatic rings. The fraction of sp³-hybridized carbons (Fsp3) is 0.316. The van der Waals surface area contributed by atoms with Gasteiger partial charge in [0.15, 0.2) is 0 Å². The molecule has 4 nitrogen and oxygen atoms in total. The van der Waals surface area contributed by atoms with Crippen molar-refractivity contribution in [3.63, 3.8) is 0 Å². The normalized spacial score (nSPS) is 18.9. The summed E-state index contributed by atoms with van der Waals surface area (Å²) in [4.78, 5) is 5.07. The topological polar surface area (TPSA) is 50.3 Å². The minimum Gasteiger partial charge on any atom is -0.239 e. The first-order valence-corrected chi connectivity index (χ1v) is 10.7. The minimum absolute atomic E-state index is 0.163. The molecule has 1 atom stereocenters. The first kappa shape index (κ1) is 16.7. The lowest BCUT2D eigenvalue weighted by Crippen LogP contribution is -2.30. The molecule has 2 heterocycles. The minimum atomic E-state index is -3.51. The Morgan fingerprint density at radius 3 is 2.68 bits per heavy atom. The van der Waals surface area contributed by atoms with Crippen LogP contribution >= 0.6 is 11.3 Å². The van der Waals surface area contributed by atoms with Crippen LogP contribution in [0.15, 0.2) is 47.4 Å². The standard InChI is InChI=1S/C19H20N2O2S2/c1-13-9-10-15(12-14(13)2)25(22,23)21-11-5-7-17(21)19-20-16-6-3-4-8-18(16)24-19/h3-4,6,8-10,12,17H,5,7,11H2,1-2H3/t17-/m1/s1. The Balaban J connectivity index is 1.74. The van der Waals surface area contributed by atoms with Crippen molar-refractivity contribution in [1.82, 2.24) is 9.29 Å². The van der Waals surface area contributed by atoms with Crippen molar-refractivity contribution in [1.29, 1.82) is 0 Å². The number of aryl methyl sites for hydroxylation is 2. The van der Waals surface area contributed by atoms with Gasteiger partial charge in [-0.2, -0.15) is 4.31 Å². The lowest BCUT2D eigenvalue weighted by Gasteiger charge is -2.23. The highest BCUT2D eigenvalue weighted by Crippen LogP contribution is 2.39. The summed E-state index contributed by atoms with van der Waals surface area (Å²) in [6, 6.07) is 13.2. The number of hydrogen-bond donors (Lipinski definition) is 0. The van der Waals surface area contributed by atoms with Crippen LogP contribution in [-0.4, -0.2) is 24.3 Å². The maximum atomic E-state index is 13.2. The molecule has 130 valence electrons. The van der Waals surface area contributed by atoms with E-state index in [0.29, 0.717) is 11.4 Å².